The molecule has 14 nitrogen and oxygen atoms in total. The minimum Gasteiger partial charge on any atom is -0.456 e. The van der Waals surface area contributed by atoms with Crippen LogP contribution >= 0.6 is 23.4 Å². The first-order chi connectivity index (χ1) is 18.3. The van der Waals surface area contributed by atoms with E-state index in [0.717, 1.165) is 11.8 Å². The van der Waals surface area contributed by atoms with Gasteiger partial charge in [0.15, 0.2) is 0 Å². The monoisotopic (exact) mass is 605 g/mol. The minimum atomic E-state index is -4.79. The Morgan fingerprint density at radius 2 is 2.03 bits per heavy atom. The maximum atomic E-state index is 13.2. The molecule has 0 unspecified atom stereocenters. The molecule has 0 radical (unpaired) electrons. The second-order valence-electron chi connectivity index (χ2n) is 8.23. The topological polar surface area (TPSA) is 192 Å². The first kappa shape index (κ1) is 30.5. The Labute approximate surface area is 232 Å². The van der Waals surface area contributed by atoms with Gasteiger partial charge in [0.1, 0.15) is 12.3 Å². The molecule has 17 heteroatoms. The highest BCUT2D eigenvalue weighted by Crippen LogP contribution is 2.49. The molecule has 2 aliphatic rings. The van der Waals surface area contributed by atoms with E-state index >= 15 is 0 Å². The summed E-state index contributed by atoms with van der Waals surface area (Å²) in [6, 6.07) is 4.73. The molecule has 0 bridgehead atoms. The number of nitro benzene ring substituents is 1. The molecule has 1 saturated heterocycles. The van der Waals surface area contributed by atoms with Gasteiger partial charge in [-0.1, -0.05) is 23.4 Å². The maximum Gasteiger partial charge on any atom is 0.397 e. The summed E-state index contributed by atoms with van der Waals surface area (Å²) in [5.74, 6) is -2.71. The first-order valence-corrected chi connectivity index (χ1v) is 13.9. The van der Waals surface area contributed by atoms with E-state index in [2.05, 4.69) is 9.50 Å². The van der Waals surface area contributed by atoms with E-state index in [1.54, 1.807) is 6.92 Å². The number of nitrogens with zero attached hydrogens (tertiary/aromatic N) is 2. The quantitative estimate of drug-likeness (QED) is 0.110. The average Bonchev–Trinajstić information content (AvgIpc) is 3.18. The largest absolute Gasteiger partial charge is 0.456 e. The molecular formula is C22H24ClN3O11S2. The van der Waals surface area contributed by atoms with Gasteiger partial charge < -0.3 is 19.7 Å². The second kappa shape index (κ2) is 12.9. The van der Waals surface area contributed by atoms with Crippen LogP contribution in [-0.4, -0.2) is 65.9 Å². The van der Waals surface area contributed by atoms with Crippen molar-refractivity contribution in [2.24, 2.45) is 5.92 Å². The number of hydrogen-bond acceptors (Lipinski definition) is 11. The van der Waals surface area contributed by atoms with Crippen molar-refractivity contribution in [1.82, 2.24) is 10.2 Å². The molecule has 2 N–H and O–H groups in total. The van der Waals surface area contributed by atoms with Gasteiger partial charge in [-0.05, 0) is 24.6 Å². The van der Waals surface area contributed by atoms with Crippen LogP contribution in [0.1, 0.15) is 25.8 Å². The van der Waals surface area contributed by atoms with Crippen LogP contribution in [0, 0.1) is 16.0 Å². The SMILES string of the molecule is CCO[C@H](COS(=O)(=O)O)[C@@H]1C(=O)N2C(C(=O)OCc3ccc([N+](=O)[O-])cc3)=C(SC(Cl)=CNC(C)=O)C[C@H]12. The summed E-state index contributed by atoms with van der Waals surface area (Å²) in [5, 5.41) is 13.3. The van der Waals surface area contributed by atoms with Crippen molar-refractivity contribution in [3.05, 3.63) is 61.1 Å². The molecule has 2 aliphatic heterocycles. The van der Waals surface area contributed by atoms with E-state index in [0.29, 0.717) is 10.5 Å². The maximum absolute atomic E-state index is 13.2. The number of esters is 1. The van der Waals surface area contributed by atoms with Gasteiger partial charge in [-0.15, -0.1) is 0 Å². The fourth-order valence-electron chi connectivity index (χ4n) is 4.05. The van der Waals surface area contributed by atoms with Gasteiger partial charge in [-0.3, -0.25) is 24.3 Å². The van der Waals surface area contributed by atoms with Crippen molar-refractivity contribution in [1.29, 1.82) is 0 Å². The highest BCUT2D eigenvalue weighted by atomic mass is 35.5. The van der Waals surface area contributed by atoms with Crippen LogP contribution in [-0.2, 0) is 45.0 Å². The zero-order valence-corrected chi connectivity index (χ0v) is 23.0. The summed E-state index contributed by atoms with van der Waals surface area (Å²) in [5.41, 5.74) is 0.242. The molecule has 0 spiro atoms. The summed E-state index contributed by atoms with van der Waals surface area (Å²) >= 11 is 7.13. The number of fused-ring (bicyclic) bond motifs is 1. The van der Waals surface area contributed by atoms with Crippen LogP contribution in [0.3, 0.4) is 0 Å². The highest BCUT2D eigenvalue weighted by molar-refractivity contribution is 8.08. The van der Waals surface area contributed by atoms with Gasteiger partial charge in [-0.2, -0.15) is 8.42 Å². The van der Waals surface area contributed by atoms with E-state index < -0.39 is 51.9 Å². The van der Waals surface area contributed by atoms with Gasteiger partial charge in [0.05, 0.1) is 34.0 Å². The van der Waals surface area contributed by atoms with E-state index in [1.807, 2.05) is 0 Å². The third-order valence-electron chi connectivity index (χ3n) is 5.65. The Morgan fingerprint density at radius 1 is 1.36 bits per heavy atom. The number of carbonyl (C=O) groups excluding carboxylic acids is 3. The summed E-state index contributed by atoms with van der Waals surface area (Å²) in [4.78, 5) is 49.4. The first-order valence-electron chi connectivity index (χ1n) is 11.3. The van der Waals surface area contributed by atoms with Crippen LogP contribution in [0.4, 0.5) is 5.69 Å². The zero-order chi connectivity index (χ0) is 28.9. The predicted octanol–water partition coefficient (Wildman–Crippen LogP) is 2.21. The van der Waals surface area contributed by atoms with E-state index in [4.69, 9.17) is 25.6 Å². The molecular weight excluding hydrogens is 582 g/mol. The van der Waals surface area contributed by atoms with Gasteiger partial charge in [0, 0.05) is 43.2 Å². The number of halogens is 1. The Bertz CT molecular complexity index is 1310. The van der Waals surface area contributed by atoms with E-state index in [9.17, 15) is 32.9 Å². The van der Waals surface area contributed by atoms with Crippen molar-refractivity contribution in [2.45, 2.75) is 39.0 Å². The van der Waals surface area contributed by atoms with Crippen LogP contribution in [0.5, 0.6) is 0 Å². The van der Waals surface area contributed by atoms with Gasteiger partial charge in [0.2, 0.25) is 11.8 Å². The lowest BCUT2D eigenvalue weighted by atomic mass is 9.83. The third kappa shape index (κ3) is 7.77. The van der Waals surface area contributed by atoms with Crippen LogP contribution in [0.15, 0.2) is 45.4 Å². The molecule has 3 atom stereocenters. The third-order valence-corrected chi connectivity index (χ3v) is 7.34. The number of amides is 2. The molecule has 2 amide bonds. The van der Waals surface area contributed by atoms with Crippen molar-refractivity contribution in [3.63, 3.8) is 0 Å². The Morgan fingerprint density at radius 3 is 2.59 bits per heavy atom. The lowest BCUT2D eigenvalue weighted by Crippen LogP contribution is -2.63. The van der Waals surface area contributed by atoms with Gasteiger partial charge in [0.25, 0.3) is 5.69 Å². The number of nitro groups is 1. The molecule has 2 heterocycles. The molecule has 39 heavy (non-hydrogen) atoms. The van der Waals surface area contributed by atoms with Crippen molar-refractivity contribution < 1.29 is 45.9 Å². The molecule has 0 aliphatic carbocycles. The van der Waals surface area contributed by atoms with E-state index in [-0.39, 0.29) is 41.3 Å². The van der Waals surface area contributed by atoms with Gasteiger partial charge in [-0.25, -0.2) is 8.98 Å². The number of carbonyl (C=O) groups is 3. The second-order valence-corrected chi connectivity index (χ2v) is 11.1. The number of hydrogen-bond donors (Lipinski definition) is 2. The Hall–Kier alpha value is -3.02. The Balaban J connectivity index is 1.83. The molecule has 0 aromatic heterocycles. The number of nitrogens with one attached hydrogen (secondary N) is 1. The number of non-ortho nitro benzene ring substituents is 1. The number of benzene rings is 1. The predicted molar refractivity (Wildman–Crippen MR) is 137 cm³/mol. The number of rotatable bonds is 13. The van der Waals surface area contributed by atoms with Crippen molar-refractivity contribution in [2.75, 3.05) is 13.2 Å². The highest BCUT2D eigenvalue weighted by Gasteiger charge is 2.58. The molecule has 1 fully saturated rings. The lowest BCUT2D eigenvalue weighted by molar-refractivity contribution is -0.384. The summed E-state index contributed by atoms with van der Waals surface area (Å²) in [6.45, 7) is 2.15. The molecule has 0 saturated carbocycles. The fourth-order valence-corrected chi connectivity index (χ4v) is 5.58. The minimum absolute atomic E-state index is 0.0865. The van der Waals surface area contributed by atoms with Crippen LogP contribution < -0.4 is 5.32 Å². The number of thioether (sulfide) groups is 1. The molecule has 1 aromatic rings. The normalized spacial score (nSPS) is 19.8. The summed E-state index contributed by atoms with van der Waals surface area (Å²) in [7, 11) is -4.79. The number of ether oxygens (including phenoxy) is 2. The van der Waals surface area contributed by atoms with Crippen molar-refractivity contribution in [3.8, 4) is 0 Å². The lowest BCUT2D eigenvalue weighted by Gasteiger charge is -2.46. The molecule has 212 valence electrons. The Kier molecular flexibility index (Phi) is 10.1. The zero-order valence-electron chi connectivity index (χ0n) is 20.6. The number of β-lactam (4-membered cyclic amide) rings is 1. The van der Waals surface area contributed by atoms with Gasteiger partial charge >= 0.3 is 16.4 Å². The summed E-state index contributed by atoms with van der Waals surface area (Å²) in [6.07, 6.45) is 0.305. The summed E-state index contributed by atoms with van der Waals surface area (Å²) < 4.78 is 46.5. The smallest absolute Gasteiger partial charge is 0.397 e. The molecule has 1 aromatic carbocycles. The fraction of sp³-hybridized carbons (Fsp3) is 0.409. The molecule has 3 rings (SSSR count). The average molecular weight is 606 g/mol. The van der Waals surface area contributed by atoms with Crippen LogP contribution in [0.25, 0.3) is 0 Å². The van der Waals surface area contributed by atoms with Crippen LogP contribution in [0.2, 0.25) is 0 Å². The van der Waals surface area contributed by atoms with Crippen molar-refractivity contribution >= 4 is 57.2 Å². The van der Waals surface area contributed by atoms with E-state index in [1.165, 1.54) is 42.3 Å². The standard InChI is InChI=1S/C22H24ClN3O11S2/c1-3-35-16(11-37-39(32,33)34)19-15-8-17(38-18(23)9-24-12(2)27)20(25(15)21(19)28)22(29)36-10-13-4-6-14(7-5-13)26(30)31/h4-7,9,15-16,19H,3,8,10-11H2,1-2H3,(H,24,27)(H,32,33,34)/t15-,16-,19-/m1/s1.